The van der Waals surface area contributed by atoms with E-state index in [0.29, 0.717) is 19.4 Å². The monoisotopic (exact) mass is 648 g/mol. The van der Waals surface area contributed by atoms with E-state index >= 15 is 0 Å². The first-order chi connectivity index (χ1) is 22.5. The molecule has 0 radical (unpaired) electrons. The van der Waals surface area contributed by atoms with Crippen LogP contribution in [0.2, 0.25) is 0 Å². The number of nitrogens with zero attached hydrogens (tertiary/aromatic N) is 1. The first-order valence-corrected chi connectivity index (χ1v) is 19.8. The average Bonchev–Trinajstić information content (AvgIpc) is 3.03. The van der Waals surface area contributed by atoms with E-state index in [0.717, 1.165) is 38.5 Å². The highest BCUT2D eigenvalue weighted by atomic mass is 16.6. The summed E-state index contributed by atoms with van der Waals surface area (Å²) in [7, 11) is 3.88. The van der Waals surface area contributed by atoms with Crippen molar-refractivity contribution in [1.82, 2.24) is 4.90 Å². The lowest BCUT2D eigenvalue weighted by molar-refractivity contribution is -0.160. The van der Waals surface area contributed by atoms with Crippen LogP contribution >= 0.6 is 0 Å². The number of unbranched alkanes of at least 4 members (excludes halogenated alkanes) is 22. The molecule has 5 heteroatoms. The molecule has 0 bridgehead atoms. The van der Waals surface area contributed by atoms with Gasteiger partial charge in [-0.15, -0.1) is 0 Å². The molecule has 0 saturated heterocycles. The number of ether oxygens (including phenoxy) is 2. The molecule has 1 atom stereocenters. The topological polar surface area (TPSA) is 55.8 Å². The predicted molar refractivity (Wildman–Crippen MR) is 198 cm³/mol. The van der Waals surface area contributed by atoms with Gasteiger partial charge in [-0.3, -0.25) is 9.59 Å². The Morgan fingerprint density at radius 1 is 0.500 bits per heavy atom. The standard InChI is InChI=1S/C41H77NO4/c1-5-7-9-11-13-15-17-19-21-23-25-27-29-31-33-35-40(43)45-38-39(37-42(3)4)46-41(44)36-34-32-30-28-26-24-22-20-18-16-14-12-10-8-6-2/h19-22,39H,5-18,23-38H2,1-4H3/b21-19+,22-20-/t39-/m0/s1. The quantitative estimate of drug-likeness (QED) is 0.0389. The molecular formula is C41H77NO4. The number of hydrogen-bond donors (Lipinski definition) is 0. The molecule has 0 saturated carbocycles. The molecule has 46 heavy (non-hydrogen) atoms. The summed E-state index contributed by atoms with van der Waals surface area (Å²) in [5.41, 5.74) is 0. The molecule has 0 aromatic carbocycles. The van der Waals surface area contributed by atoms with Gasteiger partial charge in [0.2, 0.25) is 0 Å². The van der Waals surface area contributed by atoms with Crippen molar-refractivity contribution in [2.45, 2.75) is 200 Å². The Hall–Kier alpha value is -1.62. The lowest BCUT2D eigenvalue weighted by Gasteiger charge is -2.21. The Bertz CT molecular complexity index is 717. The van der Waals surface area contributed by atoms with Crippen molar-refractivity contribution in [2.75, 3.05) is 27.2 Å². The van der Waals surface area contributed by atoms with E-state index in [-0.39, 0.29) is 18.5 Å². The fraction of sp³-hybridized carbons (Fsp3) is 0.854. The molecule has 270 valence electrons. The Morgan fingerprint density at radius 2 is 0.848 bits per heavy atom. The summed E-state index contributed by atoms with van der Waals surface area (Å²) in [6, 6.07) is 0. The average molecular weight is 648 g/mol. The second-order valence-electron chi connectivity index (χ2n) is 13.7. The van der Waals surface area contributed by atoms with Gasteiger partial charge < -0.3 is 14.4 Å². The Balaban J connectivity index is 3.78. The van der Waals surface area contributed by atoms with E-state index in [1.165, 1.54) is 128 Å². The van der Waals surface area contributed by atoms with Crippen LogP contribution in [0.3, 0.4) is 0 Å². The zero-order valence-electron chi connectivity index (χ0n) is 31.2. The first-order valence-electron chi connectivity index (χ1n) is 19.8. The van der Waals surface area contributed by atoms with Crippen molar-refractivity contribution in [3.05, 3.63) is 24.3 Å². The summed E-state index contributed by atoms with van der Waals surface area (Å²) in [5, 5.41) is 0. The molecule has 0 heterocycles. The van der Waals surface area contributed by atoms with Crippen LogP contribution in [0.5, 0.6) is 0 Å². The summed E-state index contributed by atoms with van der Waals surface area (Å²) in [4.78, 5) is 26.7. The molecule has 0 unspecified atom stereocenters. The Labute approximate surface area is 286 Å². The number of allylic oxidation sites excluding steroid dienone is 4. The molecular weight excluding hydrogens is 570 g/mol. The van der Waals surface area contributed by atoms with E-state index in [2.05, 4.69) is 38.2 Å². The second kappa shape index (κ2) is 36.2. The van der Waals surface area contributed by atoms with Gasteiger partial charge in [-0.05, 0) is 78.3 Å². The Kier molecular flexibility index (Phi) is 34.9. The molecule has 0 spiro atoms. The van der Waals surface area contributed by atoms with Crippen molar-refractivity contribution in [2.24, 2.45) is 0 Å². The summed E-state index contributed by atoms with van der Waals surface area (Å²) in [6.07, 6.45) is 42.0. The minimum Gasteiger partial charge on any atom is -0.462 e. The maximum Gasteiger partial charge on any atom is 0.306 e. The molecule has 0 amide bonds. The van der Waals surface area contributed by atoms with E-state index in [1.807, 2.05) is 19.0 Å². The molecule has 0 rings (SSSR count). The fourth-order valence-electron chi connectivity index (χ4n) is 5.71. The van der Waals surface area contributed by atoms with Crippen LogP contribution in [0.1, 0.15) is 194 Å². The minimum absolute atomic E-state index is 0.139. The van der Waals surface area contributed by atoms with Crippen molar-refractivity contribution in [1.29, 1.82) is 0 Å². The molecule has 5 nitrogen and oxygen atoms in total. The van der Waals surface area contributed by atoms with Crippen molar-refractivity contribution in [3.8, 4) is 0 Å². The van der Waals surface area contributed by atoms with Gasteiger partial charge in [0.25, 0.3) is 0 Å². The summed E-state index contributed by atoms with van der Waals surface area (Å²) in [5.74, 6) is -0.368. The third kappa shape index (κ3) is 35.2. The number of carbonyl (C=O) groups excluding carboxylic acids is 2. The maximum atomic E-state index is 12.4. The van der Waals surface area contributed by atoms with E-state index in [9.17, 15) is 9.59 Å². The third-order valence-electron chi connectivity index (χ3n) is 8.58. The minimum atomic E-state index is -0.413. The van der Waals surface area contributed by atoms with Gasteiger partial charge in [-0.2, -0.15) is 0 Å². The molecule has 0 aliphatic carbocycles. The van der Waals surface area contributed by atoms with Gasteiger partial charge in [-0.25, -0.2) is 0 Å². The van der Waals surface area contributed by atoms with Crippen molar-refractivity contribution in [3.63, 3.8) is 0 Å². The highest BCUT2D eigenvalue weighted by Crippen LogP contribution is 2.13. The van der Waals surface area contributed by atoms with Gasteiger partial charge in [-0.1, -0.05) is 141 Å². The number of rotatable bonds is 35. The molecule has 0 aliphatic heterocycles. The van der Waals surface area contributed by atoms with Gasteiger partial charge >= 0.3 is 11.9 Å². The van der Waals surface area contributed by atoms with Crippen LogP contribution in [0, 0.1) is 0 Å². The van der Waals surface area contributed by atoms with Crippen LogP contribution < -0.4 is 0 Å². The lowest BCUT2D eigenvalue weighted by Crippen LogP contribution is -2.34. The molecule has 0 aromatic rings. The van der Waals surface area contributed by atoms with Gasteiger partial charge in [0.15, 0.2) is 0 Å². The van der Waals surface area contributed by atoms with Crippen LogP contribution in [-0.4, -0.2) is 50.2 Å². The summed E-state index contributed by atoms with van der Waals surface area (Å²) in [6.45, 7) is 5.23. The Morgan fingerprint density at radius 3 is 1.24 bits per heavy atom. The number of likely N-dealkylation sites (N-methyl/N-ethyl adjacent to an activating group) is 1. The van der Waals surface area contributed by atoms with Gasteiger partial charge in [0.05, 0.1) is 0 Å². The first kappa shape index (κ1) is 44.4. The highest BCUT2D eigenvalue weighted by molar-refractivity contribution is 5.70. The summed E-state index contributed by atoms with van der Waals surface area (Å²) >= 11 is 0. The third-order valence-corrected chi connectivity index (χ3v) is 8.58. The smallest absolute Gasteiger partial charge is 0.306 e. The predicted octanol–water partition coefficient (Wildman–Crippen LogP) is 12.1. The van der Waals surface area contributed by atoms with Crippen molar-refractivity contribution < 1.29 is 19.1 Å². The van der Waals surface area contributed by atoms with Gasteiger partial charge in [0.1, 0.15) is 12.7 Å². The zero-order chi connectivity index (χ0) is 33.8. The second-order valence-corrected chi connectivity index (χ2v) is 13.7. The van der Waals surface area contributed by atoms with Crippen LogP contribution in [0.15, 0.2) is 24.3 Å². The normalized spacial score (nSPS) is 12.5. The van der Waals surface area contributed by atoms with Crippen LogP contribution in [0.25, 0.3) is 0 Å². The largest absolute Gasteiger partial charge is 0.462 e. The van der Waals surface area contributed by atoms with E-state index in [1.54, 1.807) is 0 Å². The van der Waals surface area contributed by atoms with Crippen LogP contribution in [0.4, 0.5) is 0 Å². The summed E-state index contributed by atoms with van der Waals surface area (Å²) < 4.78 is 11.2. The zero-order valence-corrected chi connectivity index (χ0v) is 31.2. The molecule has 0 N–H and O–H groups in total. The van der Waals surface area contributed by atoms with Crippen LogP contribution in [-0.2, 0) is 19.1 Å². The lowest BCUT2D eigenvalue weighted by atomic mass is 10.1. The number of carbonyl (C=O) groups is 2. The molecule has 0 aliphatic rings. The maximum absolute atomic E-state index is 12.4. The van der Waals surface area contributed by atoms with E-state index < -0.39 is 6.10 Å². The van der Waals surface area contributed by atoms with E-state index in [4.69, 9.17) is 9.47 Å². The molecule has 0 aromatic heterocycles. The van der Waals surface area contributed by atoms with Gasteiger partial charge in [0, 0.05) is 19.4 Å². The highest BCUT2D eigenvalue weighted by Gasteiger charge is 2.18. The fourth-order valence-corrected chi connectivity index (χ4v) is 5.71. The SMILES string of the molecule is CCCCCCCC/C=C\CCCCCCCC(=O)O[C@H](COC(=O)CCCCCCC/C=C/CCCCCCCC)CN(C)C. The molecule has 0 fully saturated rings. The number of hydrogen-bond acceptors (Lipinski definition) is 5. The van der Waals surface area contributed by atoms with Crippen molar-refractivity contribution >= 4 is 11.9 Å². The number of esters is 2.